The highest BCUT2D eigenvalue weighted by Crippen LogP contribution is 2.17. The van der Waals surface area contributed by atoms with Gasteiger partial charge in [0.25, 0.3) is 0 Å². The minimum absolute atomic E-state index is 0.0912. The highest BCUT2D eigenvalue weighted by atomic mass is 16.1. The number of rotatable bonds is 4. The first-order valence-electron chi connectivity index (χ1n) is 8.13. The Labute approximate surface area is 149 Å². The lowest BCUT2D eigenvalue weighted by Gasteiger charge is -2.06. The maximum Gasteiger partial charge on any atom is 0.203 e. The van der Waals surface area contributed by atoms with Gasteiger partial charge in [0.2, 0.25) is 5.43 Å². The highest BCUT2D eigenvalue weighted by molar-refractivity contribution is 5.55. The second-order valence-corrected chi connectivity index (χ2v) is 5.89. The molecule has 0 aliphatic rings. The van der Waals surface area contributed by atoms with E-state index < -0.39 is 0 Å². The van der Waals surface area contributed by atoms with Crippen molar-refractivity contribution in [3.05, 3.63) is 88.9 Å². The first-order chi connectivity index (χ1) is 12.7. The fourth-order valence-corrected chi connectivity index (χ4v) is 2.70. The lowest BCUT2D eigenvalue weighted by atomic mass is 10.1. The van der Waals surface area contributed by atoms with Gasteiger partial charge in [0, 0.05) is 43.7 Å². The van der Waals surface area contributed by atoms with E-state index in [1.807, 2.05) is 37.5 Å². The van der Waals surface area contributed by atoms with Gasteiger partial charge in [-0.2, -0.15) is 10.2 Å². The van der Waals surface area contributed by atoms with Crippen molar-refractivity contribution in [2.45, 2.75) is 6.42 Å². The Morgan fingerprint density at radius 1 is 1.08 bits per heavy atom. The molecule has 26 heavy (non-hydrogen) atoms. The molecule has 0 N–H and O–H groups in total. The zero-order valence-corrected chi connectivity index (χ0v) is 14.1. The molecule has 0 radical (unpaired) electrons. The Bertz CT molecular complexity index is 1100. The molecule has 0 atom stereocenters. The molecule has 0 saturated carbocycles. The molecule has 0 fully saturated rings. The van der Waals surface area contributed by atoms with Crippen LogP contribution in [-0.4, -0.2) is 29.5 Å². The van der Waals surface area contributed by atoms with Gasteiger partial charge in [0.15, 0.2) is 5.82 Å². The fourth-order valence-electron chi connectivity index (χ4n) is 2.70. The topological polar surface area (TPSA) is 78.5 Å². The van der Waals surface area contributed by atoms with Crippen molar-refractivity contribution in [3.8, 4) is 17.1 Å². The van der Waals surface area contributed by atoms with Crippen LogP contribution in [0.5, 0.6) is 0 Å². The lowest BCUT2D eigenvalue weighted by molar-refractivity contribution is 0.762. The molecule has 3 heterocycles. The summed E-state index contributed by atoms with van der Waals surface area (Å²) >= 11 is 0. The van der Waals surface area contributed by atoms with Crippen LogP contribution in [0.2, 0.25) is 0 Å². The molecule has 4 rings (SSSR count). The van der Waals surface area contributed by atoms with Crippen molar-refractivity contribution in [1.29, 1.82) is 0 Å². The minimum atomic E-state index is -0.0912. The first kappa shape index (κ1) is 15.9. The van der Waals surface area contributed by atoms with Gasteiger partial charge >= 0.3 is 0 Å². The quantitative estimate of drug-likeness (QED) is 0.566. The average Bonchev–Trinajstić information content (AvgIpc) is 3.11. The molecule has 0 unspecified atom stereocenters. The normalized spacial score (nSPS) is 10.8. The summed E-state index contributed by atoms with van der Waals surface area (Å²) in [4.78, 5) is 20.8. The molecular weight excluding hydrogens is 328 g/mol. The van der Waals surface area contributed by atoms with Gasteiger partial charge in [-0.3, -0.25) is 9.48 Å². The summed E-state index contributed by atoms with van der Waals surface area (Å²) in [6.07, 6.45) is 9.04. The second kappa shape index (κ2) is 6.72. The Kier molecular flexibility index (Phi) is 4.10. The summed E-state index contributed by atoms with van der Waals surface area (Å²) in [5.74, 6) is 0.656. The van der Waals surface area contributed by atoms with Crippen molar-refractivity contribution in [2.24, 2.45) is 7.05 Å². The second-order valence-electron chi connectivity index (χ2n) is 5.89. The van der Waals surface area contributed by atoms with E-state index in [1.165, 1.54) is 6.07 Å². The molecule has 0 amide bonds. The van der Waals surface area contributed by atoms with Crippen LogP contribution in [0.1, 0.15) is 11.3 Å². The lowest BCUT2D eigenvalue weighted by Crippen LogP contribution is -2.16. The van der Waals surface area contributed by atoms with Gasteiger partial charge in [0.1, 0.15) is 11.4 Å². The molecule has 0 aliphatic heterocycles. The number of aryl methyl sites for hydroxylation is 1. The van der Waals surface area contributed by atoms with E-state index in [1.54, 1.807) is 40.2 Å². The van der Waals surface area contributed by atoms with E-state index >= 15 is 0 Å². The van der Waals surface area contributed by atoms with E-state index in [9.17, 15) is 4.79 Å². The molecule has 0 spiro atoms. The third-order valence-corrected chi connectivity index (χ3v) is 3.96. The molecule has 1 aromatic carbocycles. The molecule has 0 saturated heterocycles. The van der Waals surface area contributed by atoms with E-state index in [2.05, 4.69) is 20.2 Å². The predicted octanol–water partition coefficient (Wildman–Crippen LogP) is 2.01. The molecule has 128 valence electrons. The van der Waals surface area contributed by atoms with Crippen LogP contribution in [0.4, 0.5) is 0 Å². The van der Waals surface area contributed by atoms with Gasteiger partial charge in [-0.05, 0) is 17.7 Å². The van der Waals surface area contributed by atoms with Crippen LogP contribution >= 0.6 is 0 Å². The van der Waals surface area contributed by atoms with Crippen LogP contribution in [-0.2, 0) is 13.5 Å². The maximum absolute atomic E-state index is 12.2. The third-order valence-electron chi connectivity index (χ3n) is 3.96. The van der Waals surface area contributed by atoms with Crippen molar-refractivity contribution >= 4 is 0 Å². The van der Waals surface area contributed by atoms with Crippen LogP contribution in [0.25, 0.3) is 17.1 Å². The Hall–Kier alpha value is -3.61. The molecular formula is C19H16N6O. The average molecular weight is 344 g/mol. The smallest absolute Gasteiger partial charge is 0.203 e. The van der Waals surface area contributed by atoms with E-state index in [4.69, 9.17) is 0 Å². The van der Waals surface area contributed by atoms with Gasteiger partial charge in [-0.25, -0.2) is 14.6 Å². The van der Waals surface area contributed by atoms with Gasteiger partial charge in [-0.1, -0.05) is 18.2 Å². The zero-order chi connectivity index (χ0) is 17.9. The molecule has 3 aromatic heterocycles. The van der Waals surface area contributed by atoms with Crippen molar-refractivity contribution < 1.29 is 0 Å². The molecule has 0 aliphatic carbocycles. The van der Waals surface area contributed by atoms with Crippen LogP contribution in [0, 0.1) is 0 Å². The van der Waals surface area contributed by atoms with Crippen molar-refractivity contribution in [1.82, 2.24) is 29.5 Å². The standard InChI is InChI=1S/C19H16N6O/c1-24-13-16(12-22-24)25-9-6-18(26)17(23-25)11-14-4-2-5-15(10-14)19-20-7-3-8-21-19/h2-10,12-13H,11H2,1H3. The zero-order valence-electron chi connectivity index (χ0n) is 14.1. The Morgan fingerprint density at radius 2 is 1.92 bits per heavy atom. The van der Waals surface area contributed by atoms with Gasteiger partial charge < -0.3 is 0 Å². The van der Waals surface area contributed by atoms with Crippen molar-refractivity contribution in [2.75, 3.05) is 0 Å². The summed E-state index contributed by atoms with van der Waals surface area (Å²) in [5.41, 5.74) is 3.07. The summed E-state index contributed by atoms with van der Waals surface area (Å²) in [7, 11) is 1.84. The molecule has 7 heteroatoms. The summed E-state index contributed by atoms with van der Waals surface area (Å²) in [5, 5.41) is 8.61. The van der Waals surface area contributed by atoms with Crippen molar-refractivity contribution in [3.63, 3.8) is 0 Å². The van der Waals surface area contributed by atoms with Gasteiger partial charge in [0.05, 0.1) is 12.4 Å². The number of hydrogen-bond acceptors (Lipinski definition) is 5. The van der Waals surface area contributed by atoms with Crippen LogP contribution in [0.3, 0.4) is 0 Å². The number of benzene rings is 1. The Morgan fingerprint density at radius 3 is 2.69 bits per heavy atom. The number of aromatic nitrogens is 6. The predicted molar refractivity (Wildman–Crippen MR) is 96.9 cm³/mol. The van der Waals surface area contributed by atoms with E-state index in [0.717, 1.165) is 16.8 Å². The summed E-state index contributed by atoms with van der Waals surface area (Å²) in [6, 6.07) is 11.1. The summed E-state index contributed by atoms with van der Waals surface area (Å²) < 4.78 is 3.35. The Balaban J connectivity index is 1.66. The fraction of sp³-hybridized carbons (Fsp3) is 0.105. The molecule has 0 bridgehead atoms. The summed E-state index contributed by atoms with van der Waals surface area (Å²) in [6.45, 7) is 0. The van der Waals surface area contributed by atoms with Crippen LogP contribution < -0.4 is 5.43 Å². The monoisotopic (exact) mass is 344 g/mol. The third kappa shape index (κ3) is 3.27. The SMILES string of the molecule is Cn1cc(-n2ccc(=O)c(Cc3cccc(-c4ncccn4)c3)n2)cn1. The van der Waals surface area contributed by atoms with Crippen LogP contribution in [0.15, 0.2) is 72.2 Å². The number of hydrogen-bond donors (Lipinski definition) is 0. The maximum atomic E-state index is 12.2. The highest BCUT2D eigenvalue weighted by Gasteiger charge is 2.08. The number of nitrogens with zero attached hydrogens (tertiary/aromatic N) is 6. The van der Waals surface area contributed by atoms with E-state index in [-0.39, 0.29) is 5.43 Å². The van der Waals surface area contributed by atoms with Gasteiger partial charge in [-0.15, -0.1) is 0 Å². The first-order valence-corrected chi connectivity index (χ1v) is 8.13. The largest absolute Gasteiger partial charge is 0.288 e. The van der Waals surface area contributed by atoms with E-state index in [0.29, 0.717) is 17.9 Å². The molecule has 7 nitrogen and oxygen atoms in total. The molecule has 4 aromatic rings. The minimum Gasteiger partial charge on any atom is -0.288 e.